The van der Waals surface area contributed by atoms with Gasteiger partial charge in [-0.15, -0.1) is 11.3 Å². The number of halogens is 2. The zero-order valence-corrected chi connectivity index (χ0v) is 22.3. The van der Waals surface area contributed by atoms with E-state index >= 15 is 0 Å². The molecule has 3 aromatic rings. The van der Waals surface area contributed by atoms with Crippen LogP contribution in [0.1, 0.15) is 27.7 Å². The molecule has 0 aliphatic carbocycles. The van der Waals surface area contributed by atoms with Crippen LogP contribution in [0.15, 0.2) is 63.3 Å². The summed E-state index contributed by atoms with van der Waals surface area (Å²) in [5.41, 5.74) is 4.04. The van der Waals surface area contributed by atoms with Crippen molar-refractivity contribution in [3.8, 4) is 11.5 Å². The number of benzene rings is 2. The van der Waals surface area contributed by atoms with E-state index in [1.165, 1.54) is 23.5 Å². The van der Waals surface area contributed by atoms with E-state index in [1.54, 1.807) is 47.9 Å². The van der Waals surface area contributed by atoms with Gasteiger partial charge in [0.25, 0.3) is 11.8 Å². The smallest absolute Gasteiger partial charge is 0.285 e. The Morgan fingerprint density at radius 1 is 1.23 bits per heavy atom. The maximum Gasteiger partial charge on any atom is 0.285 e. The summed E-state index contributed by atoms with van der Waals surface area (Å²) in [7, 11) is 0. The number of thioether (sulfide) groups is 1. The van der Waals surface area contributed by atoms with Gasteiger partial charge in [0.2, 0.25) is 0 Å². The van der Waals surface area contributed by atoms with Crippen molar-refractivity contribution < 1.29 is 23.5 Å². The molecule has 35 heavy (non-hydrogen) atoms. The first-order chi connectivity index (χ1) is 16.9. The Morgan fingerprint density at radius 2 is 2.00 bits per heavy atom. The Morgan fingerprint density at radius 3 is 2.69 bits per heavy atom. The quantitative estimate of drug-likeness (QED) is 0.249. The lowest BCUT2D eigenvalue weighted by molar-refractivity contribution is -0.123. The van der Waals surface area contributed by atoms with Gasteiger partial charge in [0.05, 0.1) is 20.9 Å². The molecule has 2 heterocycles. The monoisotopic (exact) mass is 592 g/mol. The number of nitrogens with one attached hydrogen (secondary N) is 1. The fourth-order valence-corrected chi connectivity index (χ4v) is 5.46. The molecule has 6 nitrogen and oxygen atoms in total. The molecule has 1 N–H and O–H groups in total. The van der Waals surface area contributed by atoms with Crippen LogP contribution in [-0.2, 0) is 11.4 Å². The number of rotatable bonds is 8. The number of ether oxygens (including phenoxy) is 2. The second kappa shape index (κ2) is 11.3. The van der Waals surface area contributed by atoms with Crippen LogP contribution in [-0.4, -0.2) is 27.8 Å². The van der Waals surface area contributed by atoms with Crippen LogP contribution in [0.25, 0.3) is 6.08 Å². The average molecular weight is 594 g/mol. The second-order valence-corrected chi connectivity index (χ2v) is 10.6. The lowest BCUT2D eigenvalue weighted by Crippen LogP contribution is -2.44. The predicted octanol–water partition coefficient (Wildman–Crippen LogP) is 6.17. The van der Waals surface area contributed by atoms with Gasteiger partial charge in [-0.2, -0.15) is 5.01 Å². The van der Waals surface area contributed by atoms with Gasteiger partial charge in [-0.05, 0) is 88.0 Å². The van der Waals surface area contributed by atoms with Crippen molar-refractivity contribution in [3.63, 3.8) is 0 Å². The Kier molecular flexibility index (Phi) is 8.22. The molecule has 1 saturated heterocycles. The standard InChI is InChI=1S/C24H18BrFN2O4S3/c1-2-31-18-11-15(10-17(25)21(18)32-13-14-5-7-16(26)8-6-14)12-20-23(30)28(24(33)35-20)27-22(29)19-4-3-9-34-19/h3-12H,2,13H2,1H3,(H,27,29)/b20-12-. The Balaban J connectivity index is 1.53. The van der Waals surface area contributed by atoms with Gasteiger partial charge < -0.3 is 9.47 Å². The summed E-state index contributed by atoms with van der Waals surface area (Å²) in [6.45, 7) is 2.48. The number of hydrogen-bond acceptors (Lipinski definition) is 7. The van der Waals surface area contributed by atoms with Gasteiger partial charge >= 0.3 is 0 Å². The van der Waals surface area contributed by atoms with Crippen LogP contribution >= 0.6 is 51.2 Å². The summed E-state index contributed by atoms with van der Waals surface area (Å²) in [5, 5.41) is 2.85. The highest BCUT2D eigenvalue weighted by atomic mass is 79.9. The molecule has 4 rings (SSSR count). The van der Waals surface area contributed by atoms with E-state index in [0.717, 1.165) is 22.3 Å². The molecule has 1 fully saturated rings. The second-order valence-electron chi connectivity index (χ2n) is 7.11. The van der Waals surface area contributed by atoms with Crippen LogP contribution in [0.2, 0.25) is 0 Å². The van der Waals surface area contributed by atoms with Crippen molar-refractivity contribution in [2.75, 3.05) is 6.61 Å². The normalized spacial score (nSPS) is 14.5. The van der Waals surface area contributed by atoms with Crippen molar-refractivity contribution >= 4 is 73.5 Å². The number of carbonyl (C=O) groups is 2. The molecule has 2 aromatic carbocycles. The maximum absolute atomic E-state index is 13.2. The topological polar surface area (TPSA) is 67.9 Å². The first-order valence-corrected chi connectivity index (χ1v) is 13.2. The zero-order valence-electron chi connectivity index (χ0n) is 18.2. The molecule has 180 valence electrons. The van der Waals surface area contributed by atoms with Crippen molar-refractivity contribution in [2.24, 2.45) is 0 Å². The third-order valence-corrected chi connectivity index (χ3v) is 7.44. The molecule has 0 radical (unpaired) electrons. The van der Waals surface area contributed by atoms with E-state index in [0.29, 0.717) is 37.9 Å². The molecule has 0 saturated carbocycles. The van der Waals surface area contributed by atoms with Gasteiger partial charge in [0, 0.05) is 0 Å². The number of thiocarbonyl (C=S) groups is 1. The highest BCUT2D eigenvalue weighted by molar-refractivity contribution is 9.10. The number of hydrogen-bond donors (Lipinski definition) is 1. The predicted molar refractivity (Wildman–Crippen MR) is 143 cm³/mol. The van der Waals surface area contributed by atoms with Crippen LogP contribution in [0.5, 0.6) is 11.5 Å². The number of hydrazine groups is 1. The lowest BCUT2D eigenvalue weighted by Gasteiger charge is -2.15. The molecule has 11 heteroatoms. The fraction of sp³-hybridized carbons (Fsp3) is 0.125. The summed E-state index contributed by atoms with van der Waals surface area (Å²) >= 11 is 11.2. The van der Waals surface area contributed by atoms with Gasteiger partial charge in [-0.25, -0.2) is 4.39 Å². The summed E-state index contributed by atoms with van der Waals surface area (Å²) in [5.74, 6) is -0.163. The average Bonchev–Trinajstić information content (AvgIpc) is 3.45. The van der Waals surface area contributed by atoms with E-state index < -0.39 is 11.8 Å². The third kappa shape index (κ3) is 6.10. The molecule has 0 bridgehead atoms. The fourth-order valence-electron chi connectivity index (χ4n) is 3.09. The molecule has 1 aliphatic heterocycles. The van der Waals surface area contributed by atoms with Crippen LogP contribution in [0, 0.1) is 5.82 Å². The first-order valence-electron chi connectivity index (χ1n) is 10.3. The number of amides is 2. The van der Waals surface area contributed by atoms with Gasteiger partial charge in [0.1, 0.15) is 12.4 Å². The van der Waals surface area contributed by atoms with E-state index in [2.05, 4.69) is 21.4 Å². The third-order valence-electron chi connectivity index (χ3n) is 4.68. The molecular formula is C24H18BrFN2O4S3. The minimum atomic E-state index is -0.421. The Hall–Kier alpha value is -2.73. The van der Waals surface area contributed by atoms with E-state index in [9.17, 15) is 14.0 Å². The zero-order chi connectivity index (χ0) is 24.9. The molecular weight excluding hydrogens is 575 g/mol. The van der Waals surface area contributed by atoms with E-state index in [4.69, 9.17) is 21.7 Å². The Bertz CT molecular complexity index is 1300. The molecule has 0 atom stereocenters. The first kappa shape index (κ1) is 25.4. The van der Waals surface area contributed by atoms with Crippen molar-refractivity contribution in [1.82, 2.24) is 10.4 Å². The van der Waals surface area contributed by atoms with Crippen molar-refractivity contribution in [3.05, 3.63) is 85.1 Å². The van der Waals surface area contributed by atoms with Crippen molar-refractivity contribution in [2.45, 2.75) is 13.5 Å². The van der Waals surface area contributed by atoms with Crippen LogP contribution in [0.4, 0.5) is 4.39 Å². The van der Waals surface area contributed by atoms with E-state index in [-0.39, 0.29) is 16.7 Å². The molecule has 2 amide bonds. The minimum Gasteiger partial charge on any atom is -0.490 e. The minimum absolute atomic E-state index is 0.223. The van der Waals surface area contributed by atoms with Gasteiger partial charge in [-0.3, -0.25) is 15.0 Å². The van der Waals surface area contributed by atoms with Crippen molar-refractivity contribution in [1.29, 1.82) is 0 Å². The van der Waals surface area contributed by atoms with E-state index in [1.807, 2.05) is 6.92 Å². The summed E-state index contributed by atoms with van der Waals surface area (Å²) in [6, 6.07) is 13.0. The summed E-state index contributed by atoms with van der Waals surface area (Å²) < 4.78 is 25.7. The van der Waals surface area contributed by atoms with Crippen LogP contribution in [0.3, 0.4) is 0 Å². The number of thiophene rings is 1. The molecule has 1 aliphatic rings. The Labute approximate surface area is 223 Å². The van der Waals surface area contributed by atoms with Gasteiger partial charge in [0.15, 0.2) is 15.8 Å². The lowest BCUT2D eigenvalue weighted by atomic mass is 10.1. The van der Waals surface area contributed by atoms with Crippen LogP contribution < -0.4 is 14.9 Å². The molecule has 1 aromatic heterocycles. The summed E-state index contributed by atoms with van der Waals surface area (Å²) in [6.07, 6.45) is 1.67. The largest absolute Gasteiger partial charge is 0.490 e. The summed E-state index contributed by atoms with van der Waals surface area (Å²) in [4.78, 5) is 26.1. The molecule has 0 unspecified atom stereocenters. The SMILES string of the molecule is CCOc1cc(/C=C2\SC(=S)N(NC(=O)c3cccs3)C2=O)cc(Br)c1OCc1ccc(F)cc1. The molecule has 0 spiro atoms. The highest BCUT2D eigenvalue weighted by Crippen LogP contribution is 2.39. The number of nitrogens with zero attached hydrogens (tertiary/aromatic N) is 1. The van der Waals surface area contributed by atoms with Gasteiger partial charge in [-0.1, -0.05) is 30.0 Å². The number of carbonyl (C=O) groups excluding carboxylic acids is 2. The highest BCUT2D eigenvalue weighted by Gasteiger charge is 2.34. The maximum atomic E-state index is 13.2.